The predicted molar refractivity (Wildman–Crippen MR) is 138 cm³/mol. The van der Waals surface area contributed by atoms with Crippen LogP contribution in [0.25, 0.3) is 22.3 Å². The molecule has 0 fully saturated rings. The minimum absolute atomic E-state index is 0.671. The summed E-state index contributed by atoms with van der Waals surface area (Å²) >= 11 is 0. The summed E-state index contributed by atoms with van der Waals surface area (Å²) in [7, 11) is 5.22. The van der Waals surface area contributed by atoms with E-state index in [1.807, 2.05) is 37.5 Å². The standard InChI is InChI=1S/C28H27N5O2/c1-19-7-5-6-8-20(19)18-33(23-11-24(34-3)14-25(12-23)35-4)22-9-10-26-27(13-22)31-28(16-29-26)21-15-30-32(2)17-21/h5-17H,18H2,1-4H3. The largest absolute Gasteiger partial charge is 0.497 e. The van der Waals surface area contributed by atoms with Gasteiger partial charge in [-0.15, -0.1) is 0 Å². The van der Waals surface area contributed by atoms with E-state index in [1.165, 1.54) is 11.1 Å². The second-order valence-corrected chi connectivity index (χ2v) is 8.41. The van der Waals surface area contributed by atoms with Crippen molar-refractivity contribution < 1.29 is 9.47 Å². The van der Waals surface area contributed by atoms with Crippen molar-refractivity contribution in [3.8, 4) is 22.8 Å². The lowest BCUT2D eigenvalue weighted by Gasteiger charge is -2.27. The summed E-state index contributed by atoms with van der Waals surface area (Å²) < 4.78 is 12.9. The van der Waals surface area contributed by atoms with Gasteiger partial charge in [-0.3, -0.25) is 9.67 Å². The van der Waals surface area contributed by atoms with Crippen LogP contribution in [0.3, 0.4) is 0 Å². The molecule has 0 saturated heterocycles. The number of aromatic nitrogens is 4. The second kappa shape index (κ2) is 9.46. The molecule has 0 spiro atoms. The molecule has 0 aliphatic heterocycles. The summed E-state index contributed by atoms with van der Waals surface area (Å²) in [6.07, 6.45) is 5.52. The Bertz CT molecular complexity index is 1470. The molecule has 0 radical (unpaired) electrons. The third kappa shape index (κ3) is 4.66. The van der Waals surface area contributed by atoms with Crippen molar-refractivity contribution in [2.75, 3.05) is 19.1 Å². The van der Waals surface area contributed by atoms with Crippen molar-refractivity contribution in [2.45, 2.75) is 13.5 Å². The summed E-state index contributed by atoms with van der Waals surface area (Å²) in [5, 5.41) is 4.26. The van der Waals surface area contributed by atoms with Crippen molar-refractivity contribution in [1.29, 1.82) is 0 Å². The molecular formula is C28H27N5O2. The molecule has 0 atom stereocenters. The fourth-order valence-electron chi connectivity index (χ4n) is 4.10. The van der Waals surface area contributed by atoms with Crippen molar-refractivity contribution in [2.24, 2.45) is 7.05 Å². The zero-order chi connectivity index (χ0) is 24.4. The van der Waals surface area contributed by atoms with E-state index in [9.17, 15) is 0 Å². The van der Waals surface area contributed by atoms with Crippen LogP contribution in [0.2, 0.25) is 0 Å². The Kier molecular flexibility index (Phi) is 6.06. The van der Waals surface area contributed by atoms with Gasteiger partial charge in [0.15, 0.2) is 0 Å². The SMILES string of the molecule is COc1cc(OC)cc(N(Cc2ccccc2C)c2ccc3ncc(-c4cnn(C)c4)nc3c2)c1. The lowest BCUT2D eigenvalue weighted by atomic mass is 10.1. The molecule has 5 aromatic rings. The molecule has 0 aliphatic carbocycles. The van der Waals surface area contributed by atoms with Gasteiger partial charge in [-0.05, 0) is 36.2 Å². The summed E-state index contributed by atoms with van der Waals surface area (Å²) in [6.45, 7) is 2.80. The first kappa shape index (κ1) is 22.4. The smallest absolute Gasteiger partial charge is 0.124 e. The topological polar surface area (TPSA) is 65.3 Å². The van der Waals surface area contributed by atoms with Crippen molar-refractivity contribution in [1.82, 2.24) is 19.7 Å². The van der Waals surface area contributed by atoms with E-state index in [-0.39, 0.29) is 0 Å². The summed E-state index contributed by atoms with van der Waals surface area (Å²) in [5.41, 5.74) is 7.78. The van der Waals surface area contributed by atoms with Crippen LogP contribution in [0, 0.1) is 6.92 Å². The molecule has 7 heteroatoms. The highest BCUT2D eigenvalue weighted by molar-refractivity contribution is 5.82. The van der Waals surface area contributed by atoms with Gasteiger partial charge < -0.3 is 14.4 Å². The lowest BCUT2D eigenvalue weighted by molar-refractivity contribution is 0.394. The Labute approximate surface area is 204 Å². The van der Waals surface area contributed by atoms with E-state index in [0.29, 0.717) is 6.54 Å². The monoisotopic (exact) mass is 465 g/mol. The van der Waals surface area contributed by atoms with Crippen LogP contribution in [-0.4, -0.2) is 34.0 Å². The highest BCUT2D eigenvalue weighted by Gasteiger charge is 2.16. The van der Waals surface area contributed by atoms with Crippen LogP contribution >= 0.6 is 0 Å². The summed E-state index contributed by atoms with van der Waals surface area (Å²) in [5.74, 6) is 1.46. The highest BCUT2D eigenvalue weighted by atomic mass is 16.5. The first-order valence-corrected chi connectivity index (χ1v) is 11.3. The molecule has 2 heterocycles. The van der Waals surface area contributed by atoms with Crippen LogP contribution < -0.4 is 14.4 Å². The average molecular weight is 466 g/mol. The Morgan fingerprint density at radius 1 is 0.857 bits per heavy atom. The fourth-order valence-corrected chi connectivity index (χ4v) is 4.10. The molecule has 0 N–H and O–H groups in total. The zero-order valence-corrected chi connectivity index (χ0v) is 20.3. The van der Waals surface area contributed by atoms with Gasteiger partial charge in [0.2, 0.25) is 0 Å². The number of methoxy groups -OCH3 is 2. The molecule has 0 bridgehead atoms. The van der Waals surface area contributed by atoms with Crippen LogP contribution in [-0.2, 0) is 13.6 Å². The Hall–Kier alpha value is -4.39. The minimum atomic E-state index is 0.671. The quantitative estimate of drug-likeness (QED) is 0.307. The number of anilines is 2. The van der Waals surface area contributed by atoms with Gasteiger partial charge in [0, 0.05) is 54.9 Å². The lowest BCUT2D eigenvalue weighted by Crippen LogP contribution is -2.17. The molecular weight excluding hydrogens is 438 g/mol. The third-order valence-corrected chi connectivity index (χ3v) is 6.08. The molecule has 0 amide bonds. The molecule has 35 heavy (non-hydrogen) atoms. The number of fused-ring (bicyclic) bond motifs is 1. The van der Waals surface area contributed by atoms with Gasteiger partial charge in [0.05, 0.1) is 43.3 Å². The van der Waals surface area contributed by atoms with E-state index in [0.717, 1.165) is 45.2 Å². The van der Waals surface area contributed by atoms with E-state index in [1.54, 1.807) is 31.3 Å². The minimum Gasteiger partial charge on any atom is -0.497 e. The van der Waals surface area contributed by atoms with Crippen molar-refractivity contribution in [3.63, 3.8) is 0 Å². The Balaban J connectivity index is 1.63. The normalized spacial score (nSPS) is 11.0. The maximum Gasteiger partial charge on any atom is 0.124 e. The van der Waals surface area contributed by atoms with Gasteiger partial charge in [0.25, 0.3) is 0 Å². The molecule has 0 saturated carbocycles. The maximum atomic E-state index is 5.56. The van der Waals surface area contributed by atoms with E-state index in [4.69, 9.17) is 14.5 Å². The van der Waals surface area contributed by atoms with Crippen LogP contribution in [0.1, 0.15) is 11.1 Å². The number of aryl methyl sites for hydroxylation is 2. The molecule has 7 nitrogen and oxygen atoms in total. The Morgan fingerprint density at radius 3 is 2.31 bits per heavy atom. The summed E-state index contributed by atoms with van der Waals surface area (Å²) in [6, 6.07) is 20.5. The molecule has 0 aliphatic rings. The van der Waals surface area contributed by atoms with Gasteiger partial charge in [-0.2, -0.15) is 5.10 Å². The first-order valence-electron chi connectivity index (χ1n) is 11.3. The average Bonchev–Trinajstić information content (AvgIpc) is 3.33. The fraction of sp³-hybridized carbons (Fsp3) is 0.179. The molecule has 5 rings (SSSR count). The van der Waals surface area contributed by atoms with Crippen molar-refractivity contribution >= 4 is 22.4 Å². The maximum absolute atomic E-state index is 5.56. The molecule has 3 aromatic carbocycles. The van der Waals surface area contributed by atoms with E-state index >= 15 is 0 Å². The molecule has 2 aromatic heterocycles. The predicted octanol–water partition coefficient (Wildman–Crippen LogP) is 5.69. The second-order valence-electron chi connectivity index (χ2n) is 8.41. The number of benzene rings is 3. The number of ether oxygens (including phenoxy) is 2. The van der Waals surface area contributed by atoms with Gasteiger partial charge in [0.1, 0.15) is 11.5 Å². The zero-order valence-electron chi connectivity index (χ0n) is 20.3. The van der Waals surface area contributed by atoms with Gasteiger partial charge in [-0.1, -0.05) is 24.3 Å². The number of hydrogen-bond acceptors (Lipinski definition) is 6. The molecule has 0 unspecified atom stereocenters. The Morgan fingerprint density at radius 2 is 1.63 bits per heavy atom. The summed E-state index contributed by atoms with van der Waals surface area (Å²) in [4.78, 5) is 11.8. The van der Waals surface area contributed by atoms with Crippen molar-refractivity contribution in [3.05, 3.63) is 90.4 Å². The number of hydrogen-bond donors (Lipinski definition) is 0. The number of rotatable bonds is 7. The van der Waals surface area contributed by atoms with Gasteiger partial charge in [-0.25, -0.2) is 4.98 Å². The third-order valence-electron chi connectivity index (χ3n) is 6.08. The van der Waals surface area contributed by atoms with Crippen LogP contribution in [0.5, 0.6) is 11.5 Å². The van der Waals surface area contributed by atoms with Crippen LogP contribution in [0.4, 0.5) is 11.4 Å². The van der Waals surface area contributed by atoms with Crippen LogP contribution in [0.15, 0.2) is 79.3 Å². The number of nitrogens with zero attached hydrogens (tertiary/aromatic N) is 5. The van der Waals surface area contributed by atoms with E-state index in [2.05, 4.69) is 58.3 Å². The van der Waals surface area contributed by atoms with Gasteiger partial charge >= 0.3 is 0 Å². The van der Waals surface area contributed by atoms with E-state index < -0.39 is 0 Å². The molecule has 176 valence electrons. The highest BCUT2D eigenvalue weighted by Crippen LogP contribution is 2.35. The first-order chi connectivity index (χ1) is 17.0.